The first kappa shape index (κ1) is 15.9. The van der Waals surface area contributed by atoms with E-state index in [0.717, 1.165) is 43.3 Å². The summed E-state index contributed by atoms with van der Waals surface area (Å²) in [4.78, 5) is 20.2. The van der Waals surface area contributed by atoms with Gasteiger partial charge in [0.1, 0.15) is 5.69 Å². The zero-order valence-electron chi connectivity index (χ0n) is 13.5. The van der Waals surface area contributed by atoms with Gasteiger partial charge < -0.3 is 15.0 Å². The molecule has 1 aliphatic heterocycles. The average Bonchev–Trinajstić information content (AvgIpc) is 3.20. The third-order valence-corrected chi connectivity index (χ3v) is 5.56. The van der Waals surface area contributed by atoms with Crippen LogP contribution < -0.4 is 0 Å². The standard InChI is InChI=1S/C18H22ClN3O2/c19-13-4-5-14-12(10-13)11-15(20-14)18(24)22-8-6-21(7-9-22)16-2-1-3-17(16)23/h4-5,10-11,16-17,20,23H,1-3,6-9H2/t16-,17-/m0/s1. The largest absolute Gasteiger partial charge is 0.391 e. The smallest absolute Gasteiger partial charge is 0.270 e. The van der Waals surface area contributed by atoms with E-state index < -0.39 is 0 Å². The molecule has 2 atom stereocenters. The van der Waals surface area contributed by atoms with Crippen LogP contribution in [0.2, 0.25) is 5.02 Å². The average molecular weight is 348 g/mol. The van der Waals surface area contributed by atoms with Gasteiger partial charge in [-0.1, -0.05) is 11.6 Å². The summed E-state index contributed by atoms with van der Waals surface area (Å²) in [6, 6.07) is 7.73. The number of rotatable bonds is 2. The van der Waals surface area contributed by atoms with Crippen molar-refractivity contribution in [3.8, 4) is 0 Å². The summed E-state index contributed by atoms with van der Waals surface area (Å²) in [7, 11) is 0. The number of carbonyl (C=O) groups is 1. The highest BCUT2D eigenvalue weighted by Crippen LogP contribution is 2.26. The molecule has 1 amide bonds. The summed E-state index contributed by atoms with van der Waals surface area (Å²) in [5.74, 6) is 0.0361. The van der Waals surface area contributed by atoms with Crippen LogP contribution in [0.3, 0.4) is 0 Å². The van der Waals surface area contributed by atoms with E-state index in [1.807, 2.05) is 29.2 Å². The Balaban J connectivity index is 1.43. The molecule has 24 heavy (non-hydrogen) atoms. The molecule has 0 bridgehead atoms. The molecule has 6 heteroatoms. The molecule has 4 rings (SSSR count). The Kier molecular flexibility index (Phi) is 4.24. The molecule has 0 radical (unpaired) electrons. The molecule has 5 nitrogen and oxygen atoms in total. The number of hydrogen-bond acceptors (Lipinski definition) is 3. The molecule has 1 saturated carbocycles. The Labute approximate surface area is 146 Å². The van der Waals surface area contributed by atoms with E-state index in [2.05, 4.69) is 9.88 Å². The summed E-state index contributed by atoms with van der Waals surface area (Å²) in [6.45, 7) is 3.08. The van der Waals surface area contributed by atoms with E-state index in [4.69, 9.17) is 11.6 Å². The van der Waals surface area contributed by atoms with Gasteiger partial charge in [0.05, 0.1) is 6.10 Å². The van der Waals surface area contributed by atoms with Crippen molar-refractivity contribution in [1.82, 2.24) is 14.8 Å². The minimum atomic E-state index is -0.203. The number of H-pyrrole nitrogens is 1. The number of nitrogens with zero attached hydrogens (tertiary/aromatic N) is 2. The van der Waals surface area contributed by atoms with Crippen LogP contribution in [0.5, 0.6) is 0 Å². The second-order valence-corrected chi connectivity index (χ2v) is 7.24. The monoisotopic (exact) mass is 347 g/mol. The molecule has 2 N–H and O–H groups in total. The molecule has 1 aromatic carbocycles. The molecule has 1 saturated heterocycles. The van der Waals surface area contributed by atoms with Crippen LogP contribution >= 0.6 is 11.6 Å². The van der Waals surface area contributed by atoms with Crippen molar-refractivity contribution < 1.29 is 9.90 Å². The van der Waals surface area contributed by atoms with Gasteiger partial charge >= 0.3 is 0 Å². The molecule has 0 spiro atoms. The SMILES string of the molecule is O=C(c1cc2cc(Cl)ccc2[nH]1)N1CCN([C@H]2CCC[C@@H]2O)CC1. The van der Waals surface area contributed by atoms with E-state index in [0.29, 0.717) is 23.8 Å². The summed E-state index contributed by atoms with van der Waals surface area (Å²) >= 11 is 6.01. The first-order chi connectivity index (χ1) is 11.6. The van der Waals surface area contributed by atoms with Gasteiger partial charge in [-0.05, 0) is 43.5 Å². The fraction of sp³-hybridized carbons (Fsp3) is 0.500. The van der Waals surface area contributed by atoms with Crippen LogP contribution in [0.15, 0.2) is 24.3 Å². The van der Waals surface area contributed by atoms with Crippen LogP contribution in [0.1, 0.15) is 29.8 Å². The van der Waals surface area contributed by atoms with Crippen molar-refractivity contribution in [3.63, 3.8) is 0 Å². The van der Waals surface area contributed by atoms with Crippen molar-refractivity contribution in [3.05, 3.63) is 35.0 Å². The number of aromatic amines is 1. The molecule has 0 unspecified atom stereocenters. The number of amides is 1. The highest BCUT2D eigenvalue weighted by molar-refractivity contribution is 6.31. The molecule has 2 heterocycles. The lowest BCUT2D eigenvalue weighted by Gasteiger charge is -2.38. The third-order valence-electron chi connectivity index (χ3n) is 5.33. The van der Waals surface area contributed by atoms with E-state index in [-0.39, 0.29) is 18.1 Å². The second-order valence-electron chi connectivity index (χ2n) is 6.81. The van der Waals surface area contributed by atoms with Crippen molar-refractivity contribution in [2.24, 2.45) is 0 Å². The number of benzene rings is 1. The highest BCUT2D eigenvalue weighted by atomic mass is 35.5. The normalized spacial score (nSPS) is 25.5. The van der Waals surface area contributed by atoms with Crippen LogP contribution in [0, 0.1) is 0 Å². The Morgan fingerprint density at radius 3 is 2.67 bits per heavy atom. The lowest BCUT2D eigenvalue weighted by atomic mass is 10.1. The minimum absolute atomic E-state index is 0.0361. The molecule has 1 aromatic heterocycles. The van der Waals surface area contributed by atoms with Crippen molar-refractivity contribution >= 4 is 28.4 Å². The highest BCUT2D eigenvalue weighted by Gasteiger charge is 2.33. The molecular weight excluding hydrogens is 326 g/mol. The van der Waals surface area contributed by atoms with E-state index >= 15 is 0 Å². The van der Waals surface area contributed by atoms with Gasteiger partial charge in [-0.25, -0.2) is 0 Å². The number of halogens is 1. The zero-order valence-corrected chi connectivity index (χ0v) is 14.3. The number of aromatic nitrogens is 1. The summed E-state index contributed by atoms with van der Waals surface area (Å²) in [6.07, 6.45) is 2.87. The molecular formula is C18H22ClN3O2. The molecule has 128 valence electrons. The maximum atomic E-state index is 12.7. The van der Waals surface area contributed by atoms with Crippen LogP contribution in [-0.2, 0) is 0 Å². The number of aliphatic hydroxyl groups excluding tert-OH is 1. The van der Waals surface area contributed by atoms with E-state index in [1.54, 1.807) is 0 Å². The van der Waals surface area contributed by atoms with Gasteiger partial charge in [0, 0.05) is 48.1 Å². The summed E-state index contributed by atoms with van der Waals surface area (Å²) in [5, 5.41) is 11.7. The van der Waals surface area contributed by atoms with Crippen molar-refractivity contribution in [2.75, 3.05) is 26.2 Å². The molecule has 1 aliphatic carbocycles. The third kappa shape index (κ3) is 2.92. The number of nitrogens with one attached hydrogen (secondary N) is 1. The number of aliphatic hydroxyl groups is 1. The first-order valence-corrected chi connectivity index (χ1v) is 8.99. The van der Waals surface area contributed by atoms with Crippen molar-refractivity contribution in [1.29, 1.82) is 0 Å². The lowest BCUT2D eigenvalue weighted by molar-refractivity contribution is 0.0313. The molecule has 2 aliphatic rings. The van der Waals surface area contributed by atoms with Crippen LogP contribution in [-0.4, -0.2) is 64.1 Å². The summed E-state index contributed by atoms with van der Waals surface area (Å²) in [5.41, 5.74) is 1.54. The maximum absolute atomic E-state index is 12.7. The fourth-order valence-electron chi connectivity index (χ4n) is 3.99. The van der Waals surface area contributed by atoms with Gasteiger partial charge in [0.15, 0.2) is 0 Å². The van der Waals surface area contributed by atoms with E-state index in [9.17, 15) is 9.90 Å². The number of carbonyl (C=O) groups excluding carboxylic acids is 1. The minimum Gasteiger partial charge on any atom is -0.391 e. The Morgan fingerprint density at radius 1 is 1.17 bits per heavy atom. The predicted octanol–water partition coefficient (Wildman–Crippen LogP) is 2.49. The fourth-order valence-corrected chi connectivity index (χ4v) is 4.17. The number of piperazine rings is 1. The van der Waals surface area contributed by atoms with E-state index in [1.165, 1.54) is 0 Å². The van der Waals surface area contributed by atoms with Gasteiger partial charge in [-0.3, -0.25) is 9.69 Å². The second kappa shape index (κ2) is 6.39. The summed E-state index contributed by atoms with van der Waals surface area (Å²) < 4.78 is 0. The Hall–Kier alpha value is -1.56. The number of fused-ring (bicyclic) bond motifs is 1. The van der Waals surface area contributed by atoms with Crippen molar-refractivity contribution in [2.45, 2.75) is 31.4 Å². The molecule has 2 aromatic rings. The van der Waals surface area contributed by atoms with Gasteiger partial charge in [0.25, 0.3) is 5.91 Å². The predicted molar refractivity (Wildman–Crippen MR) is 94.4 cm³/mol. The Bertz CT molecular complexity index is 752. The Morgan fingerprint density at radius 2 is 1.96 bits per heavy atom. The number of hydrogen-bond donors (Lipinski definition) is 2. The first-order valence-electron chi connectivity index (χ1n) is 8.61. The quantitative estimate of drug-likeness (QED) is 0.877. The maximum Gasteiger partial charge on any atom is 0.270 e. The lowest BCUT2D eigenvalue weighted by Crippen LogP contribution is -2.53. The van der Waals surface area contributed by atoms with Crippen LogP contribution in [0.25, 0.3) is 10.9 Å². The molecule has 2 fully saturated rings. The van der Waals surface area contributed by atoms with Gasteiger partial charge in [0.2, 0.25) is 0 Å². The van der Waals surface area contributed by atoms with Gasteiger partial charge in [-0.2, -0.15) is 0 Å². The van der Waals surface area contributed by atoms with Gasteiger partial charge in [-0.15, -0.1) is 0 Å². The zero-order chi connectivity index (χ0) is 16.7. The van der Waals surface area contributed by atoms with Crippen LogP contribution in [0.4, 0.5) is 0 Å². The topological polar surface area (TPSA) is 59.6 Å².